The van der Waals surface area contributed by atoms with E-state index in [-0.39, 0.29) is 6.61 Å². The van der Waals surface area contributed by atoms with Crippen LogP contribution in [0, 0.1) is 0 Å². The zero-order valence-corrected chi connectivity index (χ0v) is 8.99. The van der Waals surface area contributed by atoms with Crippen LogP contribution in [0.15, 0.2) is 28.7 Å². The van der Waals surface area contributed by atoms with Gasteiger partial charge in [0.25, 0.3) is 0 Å². The molecule has 0 saturated carbocycles. The van der Waals surface area contributed by atoms with Crippen LogP contribution < -0.4 is 0 Å². The minimum absolute atomic E-state index is 0.142. The first-order valence-corrected chi connectivity index (χ1v) is 5.47. The van der Waals surface area contributed by atoms with E-state index in [1.807, 2.05) is 12.1 Å². The van der Waals surface area contributed by atoms with Gasteiger partial charge in [0.05, 0.1) is 6.61 Å². The molecule has 1 heterocycles. The highest BCUT2D eigenvalue weighted by Gasteiger charge is 2.10. The van der Waals surface area contributed by atoms with Crippen LogP contribution in [0.25, 0.3) is 10.8 Å². The Labute approximate surface area is 89.5 Å². The summed E-state index contributed by atoms with van der Waals surface area (Å²) >= 11 is 0. The lowest BCUT2D eigenvalue weighted by Gasteiger charge is -1.92. The van der Waals surface area contributed by atoms with Gasteiger partial charge in [0.2, 0.25) is 0 Å². The predicted octanol–water partition coefficient (Wildman–Crippen LogP) is 2.92. The number of hydrogen-bond donors (Lipinski definition) is 1. The summed E-state index contributed by atoms with van der Waals surface area (Å²) in [5.41, 5.74) is 0. The first-order valence-electron chi connectivity index (χ1n) is 5.47. The first kappa shape index (κ1) is 10.2. The SMILES string of the molecule is CCCc1oc(CCO)c2ccccc12. The van der Waals surface area contributed by atoms with Gasteiger partial charge in [-0.3, -0.25) is 0 Å². The number of furan rings is 1. The Bertz CT molecular complexity index is 403. The van der Waals surface area contributed by atoms with Gasteiger partial charge < -0.3 is 9.52 Å². The van der Waals surface area contributed by atoms with Crippen LogP contribution in [0.5, 0.6) is 0 Å². The molecule has 0 unspecified atom stereocenters. The van der Waals surface area contributed by atoms with Gasteiger partial charge in [-0.25, -0.2) is 0 Å². The summed E-state index contributed by atoms with van der Waals surface area (Å²) in [6.07, 6.45) is 2.65. The number of aliphatic hydroxyl groups excluding tert-OH is 1. The lowest BCUT2D eigenvalue weighted by molar-refractivity contribution is 0.287. The normalized spacial score (nSPS) is 11.1. The quantitative estimate of drug-likeness (QED) is 0.830. The summed E-state index contributed by atoms with van der Waals surface area (Å²) < 4.78 is 5.79. The Morgan fingerprint density at radius 1 is 1.07 bits per heavy atom. The van der Waals surface area contributed by atoms with Crippen molar-refractivity contribution in [3.8, 4) is 0 Å². The molecule has 0 spiro atoms. The Kier molecular flexibility index (Phi) is 3.07. The molecule has 0 aliphatic carbocycles. The summed E-state index contributed by atoms with van der Waals surface area (Å²) in [4.78, 5) is 0. The maximum absolute atomic E-state index is 8.96. The number of rotatable bonds is 4. The van der Waals surface area contributed by atoms with Gasteiger partial charge in [-0.15, -0.1) is 0 Å². The van der Waals surface area contributed by atoms with Crippen LogP contribution in [0.4, 0.5) is 0 Å². The lowest BCUT2D eigenvalue weighted by atomic mass is 10.1. The van der Waals surface area contributed by atoms with Crippen molar-refractivity contribution in [2.45, 2.75) is 26.2 Å². The van der Waals surface area contributed by atoms with Crippen molar-refractivity contribution in [2.75, 3.05) is 6.61 Å². The molecule has 0 fully saturated rings. The maximum atomic E-state index is 8.96. The second-order valence-electron chi connectivity index (χ2n) is 3.72. The molecule has 0 radical (unpaired) electrons. The van der Waals surface area contributed by atoms with Crippen molar-refractivity contribution in [3.05, 3.63) is 35.8 Å². The van der Waals surface area contributed by atoms with Crippen LogP contribution in [-0.2, 0) is 12.8 Å². The molecule has 0 atom stereocenters. The fourth-order valence-corrected chi connectivity index (χ4v) is 1.93. The van der Waals surface area contributed by atoms with Gasteiger partial charge >= 0.3 is 0 Å². The molecule has 2 aromatic rings. The zero-order chi connectivity index (χ0) is 10.7. The molecule has 0 amide bonds. The number of fused-ring (bicyclic) bond motifs is 1. The summed E-state index contributed by atoms with van der Waals surface area (Å²) in [6, 6.07) is 8.18. The third-order valence-electron chi connectivity index (χ3n) is 2.59. The van der Waals surface area contributed by atoms with Gasteiger partial charge in [0.1, 0.15) is 11.5 Å². The fourth-order valence-electron chi connectivity index (χ4n) is 1.93. The Hall–Kier alpha value is -1.28. The topological polar surface area (TPSA) is 33.4 Å². The van der Waals surface area contributed by atoms with E-state index < -0.39 is 0 Å². The zero-order valence-electron chi connectivity index (χ0n) is 8.99. The molecule has 80 valence electrons. The number of aliphatic hydroxyl groups is 1. The molecule has 15 heavy (non-hydrogen) atoms. The van der Waals surface area contributed by atoms with E-state index in [2.05, 4.69) is 19.1 Å². The van der Waals surface area contributed by atoms with Gasteiger partial charge in [0.15, 0.2) is 0 Å². The number of aryl methyl sites for hydroxylation is 1. The molecule has 0 bridgehead atoms. The monoisotopic (exact) mass is 204 g/mol. The molecule has 1 aromatic carbocycles. The standard InChI is InChI=1S/C13H16O2/c1-2-5-12-10-6-3-4-7-11(10)13(15-12)8-9-14/h3-4,6-7,14H,2,5,8-9H2,1H3. The van der Waals surface area contributed by atoms with Crippen molar-refractivity contribution in [2.24, 2.45) is 0 Å². The highest BCUT2D eigenvalue weighted by Crippen LogP contribution is 2.27. The molecular formula is C13H16O2. The van der Waals surface area contributed by atoms with Crippen molar-refractivity contribution >= 4 is 10.8 Å². The minimum Gasteiger partial charge on any atom is -0.465 e. The summed E-state index contributed by atoms with van der Waals surface area (Å²) in [6.45, 7) is 2.28. The van der Waals surface area contributed by atoms with E-state index in [9.17, 15) is 0 Å². The molecule has 2 rings (SSSR count). The van der Waals surface area contributed by atoms with E-state index >= 15 is 0 Å². The van der Waals surface area contributed by atoms with Gasteiger partial charge in [-0.05, 0) is 6.42 Å². The largest absolute Gasteiger partial charge is 0.465 e. The van der Waals surface area contributed by atoms with E-state index in [0.29, 0.717) is 6.42 Å². The Balaban J connectivity index is 2.52. The molecule has 1 N–H and O–H groups in total. The Morgan fingerprint density at radius 2 is 1.67 bits per heavy atom. The van der Waals surface area contributed by atoms with Gasteiger partial charge in [0, 0.05) is 23.6 Å². The Morgan fingerprint density at radius 3 is 2.20 bits per heavy atom. The smallest absolute Gasteiger partial charge is 0.114 e. The van der Waals surface area contributed by atoms with E-state index in [4.69, 9.17) is 9.52 Å². The fraction of sp³-hybridized carbons (Fsp3) is 0.385. The predicted molar refractivity (Wildman–Crippen MR) is 61.0 cm³/mol. The van der Waals surface area contributed by atoms with Crippen molar-refractivity contribution < 1.29 is 9.52 Å². The summed E-state index contributed by atoms with van der Waals surface area (Å²) in [7, 11) is 0. The average molecular weight is 204 g/mol. The van der Waals surface area contributed by atoms with Crippen LogP contribution in [0.3, 0.4) is 0 Å². The number of hydrogen-bond acceptors (Lipinski definition) is 2. The average Bonchev–Trinajstić information content (AvgIpc) is 2.59. The van der Waals surface area contributed by atoms with E-state index in [1.165, 1.54) is 5.39 Å². The molecule has 0 saturated heterocycles. The molecular weight excluding hydrogens is 188 g/mol. The van der Waals surface area contributed by atoms with Crippen LogP contribution >= 0.6 is 0 Å². The maximum Gasteiger partial charge on any atom is 0.114 e. The summed E-state index contributed by atoms with van der Waals surface area (Å²) in [5.74, 6) is 1.97. The molecule has 2 heteroatoms. The minimum atomic E-state index is 0.142. The van der Waals surface area contributed by atoms with Crippen molar-refractivity contribution in [1.29, 1.82) is 0 Å². The van der Waals surface area contributed by atoms with Crippen molar-refractivity contribution in [1.82, 2.24) is 0 Å². The summed E-state index contributed by atoms with van der Waals surface area (Å²) in [5, 5.41) is 11.3. The van der Waals surface area contributed by atoms with Gasteiger partial charge in [-0.1, -0.05) is 31.2 Å². The van der Waals surface area contributed by atoms with Crippen LogP contribution in [0.1, 0.15) is 24.9 Å². The van der Waals surface area contributed by atoms with Crippen LogP contribution in [0.2, 0.25) is 0 Å². The third kappa shape index (κ3) is 1.90. The lowest BCUT2D eigenvalue weighted by Crippen LogP contribution is -1.87. The third-order valence-corrected chi connectivity index (χ3v) is 2.59. The van der Waals surface area contributed by atoms with E-state index in [1.54, 1.807) is 0 Å². The highest BCUT2D eigenvalue weighted by molar-refractivity contribution is 5.86. The first-order chi connectivity index (χ1) is 7.36. The molecule has 0 aliphatic rings. The van der Waals surface area contributed by atoms with E-state index in [0.717, 1.165) is 29.7 Å². The van der Waals surface area contributed by atoms with Crippen LogP contribution in [-0.4, -0.2) is 11.7 Å². The second kappa shape index (κ2) is 4.49. The van der Waals surface area contributed by atoms with Gasteiger partial charge in [-0.2, -0.15) is 0 Å². The second-order valence-corrected chi connectivity index (χ2v) is 3.72. The number of benzene rings is 1. The molecule has 0 aliphatic heterocycles. The highest BCUT2D eigenvalue weighted by atomic mass is 16.3. The molecule has 2 nitrogen and oxygen atoms in total. The molecule has 1 aromatic heterocycles. The van der Waals surface area contributed by atoms with Crippen molar-refractivity contribution in [3.63, 3.8) is 0 Å².